The number of carbonyl (C=O) groups excluding carboxylic acids is 1. The van der Waals surface area contributed by atoms with Gasteiger partial charge in [0.15, 0.2) is 0 Å². The Hall–Kier alpha value is -2.18. The van der Waals surface area contributed by atoms with E-state index < -0.39 is 10.0 Å². The van der Waals surface area contributed by atoms with E-state index in [4.69, 9.17) is 0 Å². The zero-order valence-corrected chi connectivity index (χ0v) is 18.5. The number of hydrogen-bond acceptors (Lipinski definition) is 3. The molecule has 1 atom stereocenters. The molecule has 1 amide bonds. The Labute approximate surface area is 179 Å². The number of nitrogens with zero attached hydrogens (tertiary/aromatic N) is 1. The number of amides is 1. The summed E-state index contributed by atoms with van der Waals surface area (Å²) in [5, 5.41) is 3.30. The molecule has 5 nitrogen and oxygen atoms in total. The van der Waals surface area contributed by atoms with E-state index in [0.717, 1.165) is 24.8 Å². The maximum Gasteiger partial charge on any atom is 0.251 e. The molecule has 1 heterocycles. The lowest BCUT2D eigenvalue weighted by molar-refractivity contribution is 0.0896. The average Bonchev–Trinajstić information content (AvgIpc) is 3.01. The Kier molecular flexibility index (Phi) is 5.73. The Bertz CT molecular complexity index is 1040. The minimum Gasteiger partial charge on any atom is -0.348 e. The molecule has 1 aliphatic heterocycles. The van der Waals surface area contributed by atoms with Gasteiger partial charge in [0.2, 0.25) is 10.0 Å². The lowest BCUT2D eigenvalue weighted by Crippen LogP contribution is -2.54. The summed E-state index contributed by atoms with van der Waals surface area (Å²) in [5.41, 5.74) is 4.04. The number of aryl methyl sites for hydroxylation is 1. The smallest absolute Gasteiger partial charge is 0.251 e. The number of rotatable bonds is 5. The van der Waals surface area contributed by atoms with Crippen LogP contribution in [0.15, 0.2) is 48.5 Å². The van der Waals surface area contributed by atoms with Gasteiger partial charge in [-0.25, -0.2) is 12.7 Å². The van der Waals surface area contributed by atoms with Crippen LogP contribution in [-0.4, -0.2) is 43.5 Å². The highest BCUT2D eigenvalue weighted by atomic mass is 32.2. The van der Waals surface area contributed by atoms with Gasteiger partial charge in [0.25, 0.3) is 5.91 Å². The van der Waals surface area contributed by atoms with E-state index in [1.165, 1.54) is 11.1 Å². The van der Waals surface area contributed by atoms with Crippen LogP contribution in [0.2, 0.25) is 0 Å². The molecule has 1 saturated heterocycles. The molecular weight excluding hydrogens is 396 g/mol. The van der Waals surface area contributed by atoms with E-state index in [0.29, 0.717) is 25.1 Å². The normalized spacial score (nSPS) is 20.8. The first-order valence-electron chi connectivity index (χ1n) is 10.8. The third-order valence-electron chi connectivity index (χ3n) is 6.70. The number of hydrogen-bond donors (Lipinski definition) is 1. The highest BCUT2D eigenvalue weighted by molar-refractivity contribution is 7.89. The molecule has 1 spiro atoms. The summed E-state index contributed by atoms with van der Waals surface area (Å²) in [6.45, 7) is 4.89. The van der Waals surface area contributed by atoms with Gasteiger partial charge in [-0.2, -0.15) is 0 Å². The van der Waals surface area contributed by atoms with Crippen molar-refractivity contribution < 1.29 is 13.2 Å². The maximum absolute atomic E-state index is 13.0. The topological polar surface area (TPSA) is 66.5 Å². The number of nitrogens with one attached hydrogen (secondary N) is 1. The number of benzene rings is 2. The van der Waals surface area contributed by atoms with Crippen molar-refractivity contribution in [2.45, 2.75) is 51.0 Å². The monoisotopic (exact) mass is 426 g/mol. The molecule has 0 saturated carbocycles. The summed E-state index contributed by atoms with van der Waals surface area (Å²) in [7, 11) is -3.20. The van der Waals surface area contributed by atoms with Gasteiger partial charge < -0.3 is 5.32 Å². The zero-order chi connectivity index (χ0) is 21.4. The molecule has 2 aromatic rings. The predicted molar refractivity (Wildman–Crippen MR) is 119 cm³/mol. The Morgan fingerprint density at radius 2 is 1.87 bits per heavy atom. The highest BCUT2D eigenvalue weighted by Gasteiger charge is 2.49. The van der Waals surface area contributed by atoms with Gasteiger partial charge in [-0.05, 0) is 55.9 Å². The molecule has 6 heteroatoms. The van der Waals surface area contributed by atoms with E-state index in [1.807, 2.05) is 50.2 Å². The lowest BCUT2D eigenvalue weighted by atomic mass is 9.71. The van der Waals surface area contributed by atoms with Crippen molar-refractivity contribution >= 4 is 15.9 Å². The summed E-state index contributed by atoms with van der Waals surface area (Å²) < 4.78 is 26.8. The fraction of sp³-hybridized carbons (Fsp3) is 0.458. The lowest BCUT2D eigenvalue weighted by Gasteiger charge is -2.43. The van der Waals surface area contributed by atoms with Crippen LogP contribution in [0.25, 0.3) is 0 Å². The van der Waals surface area contributed by atoms with Crippen LogP contribution >= 0.6 is 0 Å². The van der Waals surface area contributed by atoms with Crippen molar-refractivity contribution in [2.24, 2.45) is 0 Å². The fourth-order valence-electron chi connectivity index (χ4n) is 5.17. The van der Waals surface area contributed by atoms with Crippen LogP contribution in [0.4, 0.5) is 0 Å². The van der Waals surface area contributed by atoms with Gasteiger partial charge in [0, 0.05) is 30.1 Å². The van der Waals surface area contributed by atoms with Crippen LogP contribution in [0, 0.1) is 6.92 Å². The zero-order valence-electron chi connectivity index (χ0n) is 17.7. The molecule has 1 fully saturated rings. The van der Waals surface area contributed by atoms with Crippen molar-refractivity contribution in [1.82, 2.24) is 9.62 Å². The number of sulfonamides is 1. The Morgan fingerprint density at radius 3 is 2.57 bits per heavy atom. The standard InChI is InChI=1S/C24H30N2O3S/c1-3-15-30(28,29)26-13-11-24(12-14-26)21-10-5-4-8-19(21)17-22(24)25-23(27)20-9-6-7-18(2)16-20/h4-10,16,22H,3,11-15,17H2,1-2H3,(H,25,27). The second-order valence-corrected chi connectivity index (χ2v) is 10.7. The first-order chi connectivity index (χ1) is 14.4. The molecule has 4 rings (SSSR count). The van der Waals surface area contributed by atoms with Crippen LogP contribution in [0.1, 0.15) is 53.2 Å². The second kappa shape index (κ2) is 8.16. The molecule has 160 valence electrons. The van der Waals surface area contributed by atoms with Gasteiger partial charge in [-0.1, -0.05) is 48.9 Å². The maximum atomic E-state index is 13.0. The summed E-state index contributed by atoms with van der Waals surface area (Å²) in [6.07, 6.45) is 2.87. The molecule has 2 aliphatic rings. The van der Waals surface area contributed by atoms with Crippen molar-refractivity contribution in [3.8, 4) is 0 Å². The molecule has 0 radical (unpaired) electrons. The van der Waals surface area contributed by atoms with Crippen LogP contribution < -0.4 is 5.32 Å². The highest BCUT2D eigenvalue weighted by Crippen LogP contribution is 2.46. The van der Waals surface area contributed by atoms with Crippen molar-refractivity contribution in [3.05, 3.63) is 70.8 Å². The molecule has 0 aromatic heterocycles. The van der Waals surface area contributed by atoms with E-state index in [-0.39, 0.29) is 23.1 Å². The minimum atomic E-state index is -3.20. The third-order valence-corrected chi connectivity index (χ3v) is 8.78. The van der Waals surface area contributed by atoms with Crippen molar-refractivity contribution in [1.29, 1.82) is 0 Å². The van der Waals surface area contributed by atoms with Crippen LogP contribution in [-0.2, 0) is 21.9 Å². The van der Waals surface area contributed by atoms with E-state index in [1.54, 1.807) is 4.31 Å². The summed E-state index contributed by atoms with van der Waals surface area (Å²) in [5.74, 6) is 0.140. The average molecular weight is 427 g/mol. The first-order valence-corrected chi connectivity index (χ1v) is 12.4. The molecular formula is C24H30N2O3S. The second-order valence-electron chi connectivity index (χ2n) is 8.63. The summed E-state index contributed by atoms with van der Waals surface area (Å²) in [4.78, 5) is 13.0. The van der Waals surface area contributed by atoms with Gasteiger partial charge in [0.05, 0.1) is 5.75 Å². The largest absolute Gasteiger partial charge is 0.348 e. The Balaban J connectivity index is 1.60. The van der Waals surface area contributed by atoms with Gasteiger partial charge in [0.1, 0.15) is 0 Å². The summed E-state index contributed by atoms with van der Waals surface area (Å²) in [6, 6.07) is 16.0. The molecule has 1 N–H and O–H groups in total. The number of fused-ring (bicyclic) bond motifs is 2. The molecule has 1 aliphatic carbocycles. The van der Waals surface area contributed by atoms with Crippen LogP contribution in [0.3, 0.4) is 0 Å². The van der Waals surface area contributed by atoms with Gasteiger partial charge in [-0.15, -0.1) is 0 Å². The van der Waals surface area contributed by atoms with Crippen molar-refractivity contribution in [2.75, 3.05) is 18.8 Å². The Morgan fingerprint density at radius 1 is 1.13 bits per heavy atom. The minimum absolute atomic E-state index is 0.0288. The van der Waals surface area contributed by atoms with Crippen molar-refractivity contribution in [3.63, 3.8) is 0 Å². The molecule has 2 aromatic carbocycles. The molecule has 0 bridgehead atoms. The van der Waals surface area contributed by atoms with E-state index in [2.05, 4.69) is 17.4 Å². The predicted octanol–water partition coefficient (Wildman–Crippen LogP) is 3.42. The fourth-order valence-corrected chi connectivity index (χ4v) is 6.69. The third kappa shape index (κ3) is 3.79. The summed E-state index contributed by atoms with van der Waals surface area (Å²) >= 11 is 0. The van der Waals surface area contributed by atoms with E-state index in [9.17, 15) is 13.2 Å². The number of piperidine rings is 1. The van der Waals surface area contributed by atoms with E-state index >= 15 is 0 Å². The molecule has 30 heavy (non-hydrogen) atoms. The van der Waals surface area contributed by atoms with Crippen LogP contribution in [0.5, 0.6) is 0 Å². The molecule has 1 unspecified atom stereocenters. The quantitative estimate of drug-likeness (QED) is 0.797. The van der Waals surface area contributed by atoms with Gasteiger partial charge >= 0.3 is 0 Å². The first kappa shape index (κ1) is 21.1. The van der Waals surface area contributed by atoms with Gasteiger partial charge in [-0.3, -0.25) is 4.79 Å². The number of carbonyl (C=O) groups is 1. The SMILES string of the molecule is CCCS(=O)(=O)N1CCC2(CC1)c1ccccc1CC2NC(=O)c1cccc(C)c1.